The fourth-order valence-electron chi connectivity index (χ4n) is 2.62. The number of benzene rings is 1. The van der Waals surface area contributed by atoms with Crippen molar-refractivity contribution in [1.29, 1.82) is 0 Å². The minimum absolute atomic E-state index is 0. The number of hydrogen-bond acceptors (Lipinski definition) is 4. The number of rotatable bonds is 3. The summed E-state index contributed by atoms with van der Waals surface area (Å²) in [6.45, 7) is 1.33. The number of halogens is 2. The van der Waals surface area contributed by atoms with Gasteiger partial charge in [-0.05, 0) is 31.0 Å². The Balaban J connectivity index is 0.00000132. The van der Waals surface area contributed by atoms with E-state index in [1.165, 1.54) is 6.42 Å². The van der Waals surface area contributed by atoms with Crippen LogP contribution in [0, 0.1) is 0 Å². The first-order chi connectivity index (χ1) is 10.2. The number of nitrogens with two attached hydrogens (primary N) is 1. The Kier molecular flexibility index (Phi) is 7.32. The van der Waals surface area contributed by atoms with Crippen LogP contribution in [0.3, 0.4) is 0 Å². The Hall–Kier alpha value is -1.79. The molecule has 0 fully saturated rings. The van der Waals surface area contributed by atoms with E-state index in [1.54, 1.807) is 24.3 Å². The molecule has 0 spiro atoms. The fraction of sp³-hybridized carbons (Fsp3) is 0.400. The summed E-state index contributed by atoms with van der Waals surface area (Å²) in [6.07, 6.45) is 4.49. The molecule has 23 heavy (non-hydrogen) atoms. The molecule has 0 aliphatic carbocycles. The Labute approximate surface area is 147 Å². The van der Waals surface area contributed by atoms with E-state index in [4.69, 9.17) is 5.73 Å². The van der Waals surface area contributed by atoms with Gasteiger partial charge in [0.2, 0.25) is 0 Å². The Morgan fingerprint density at radius 2 is 2.04 bits per heavy atom. The molecular weight excluding hydrogens is 337 g/mol. The van der Waals surface area contributed by atoms with Crippen LogP contribution < -0.4 is 11.1 Å². The molecular formula is C15H21Cl2N5O. The number of nitrogens with one attached hydrogen (secondary N) is 1. The Bertz CT molecular complexity index is 659. The van der Waals surface area contributed by atoms with E-state index in [1.807, 2.05) is 0 Å². The standard InChI is InChI=1S/C15H19N5O.2ClH/c16-12-6-4-5-11(9-12)15(21)17-10-14-19-18-13-7-2-1-3-8-20(13)14;;/h4-6,9H,1-3,7-8,10,16H2,(H,17,21);2*1H. The van der Waals surface area contributed by atoms with Crippen molar-refractivity contribution in [2.45, 2.75) is 38.8 Å². The smallest absolute Gasteiger partial charge is 0.251 e. The van der Waals surface area contributed by atoms with Crippen LogP contribution in [-0.4, -0.2) is 20.7 Å². The summed E-state index contributed by atoms with van der Waals surface area (Å²) in [5, 5.41) is 11.3. The molecule has 0 bridgehead atoms. The van der Waals surface area contributed by atoms with Crippen molar-refractivity contribution in [2.24, 2.45) is 0 Å². The first-order valence-electron chi connectivity index (χ1n) is 7.29. The van der Waals surface area contributed by atoms with Crippen molar-refractivity contribution in [2.75, 3.05) is 5.73 Å². The fourth-order valence-corrected chi connectivity index (χ4v) is 2.62. The summed E-state index contributed by atoms with van der Waals surface area (Å²) >= 11 is 0. The summed E-state index contributed by atoms with van der Waals surface area (Å²) in [5.74, 6) is 1.71. The van der Waals surface area contributed by atoms with E-state index in [9.17, 15) is 4.79 Å². The van der Waals surface area contributed by atoms with E-state index in [0.717, 1.165) is 37.5 Å². The quantitative estimate of drug-likeness (QED) is 0.825. The van der Waals surface area contributed by atoms with Crippen molar-refractivity contribution < 1.29 is 4.79 Å². The second-order valence-electron chi connectivity index (χ2n) is 5.30. The third-order valence-electron chi connectivity index (χ3n) is 3.74. The lowest BCUT2D eigenvalue weighted by atomic mass is 10.2. The number of fused-ring (bicyclic) bond motifs is 1. The molecule has 1 amide bonds. The van der Waals surface area contributed by atoms with Crippen LogP contribution in [0.2, 0.25) is 0 Å². The Morgan fingerprint density at radius 3 is 2.83 bits per heavy atom. The van der Waals surface area contributed by atoms with Gasteiger partial charge in [0.1, 0.15) is 5.82 Å². The van der Waals surface area contributed by atoms with Gasteiger partial charge in [0, 0.05) is 24.2 Å². The van der Waals surface area contributed by atoms with Crippen LogP contribution in [0.4, 0.5) is 5.69 Å². The third-order valence-corrected chi connectivity index (χ3v) is 3.74. The van der Waals surface area contributed by atoms with Gasteiger partial charge in [0.05, 0.1) is 6.54 Å². The molecule has 1 aromatic heterocycles. The van der Waals surface area contributed by atoms with E-state index < -0.39 is 0 Å². The largest absolute Gasteiger partial charge is 0.399 e. The van der Waals surface area contributed by atoms with Crippen molar-refractivity contribution in [1.82, 2.24) is 20.1 Å². The number of amides is 1. The maximum atomic E-state index is 12.1. The van der Waals surface area contributed by atoms with Gasteiger partial charge < -0.3 is 15.6 Å². The average Bonchev–Trinajstić information content (AvgIpc) is 2.72. The lowest BCUT2D eigenvalue weighted by Crippen LogP contribution is -2.25. The number of nitrogen functional groups attached to an aromatic ring is 1. The molecule has 1 aromatic carbocycles. The van der Waals surface area contributed by atoms with Crippen molar-refractivity contribution in [3.8, 4) is 0 Å². The van der Waals surface area contributed by atoms with Gasteiger partial charge in [-0.15, -0.1) is 35.0 Å². The minimum Gasteiger partial charge on any atom is -0.399 e. The molecule has 1 aliphatic rings. The molecule has 2 heterocycles. The lowest BCUT2D eigenvalue weighted by molar-refractivity contribution is 0.0949. The van der Waals surface area contributed by atoms with Gasteiger partial charge in [-0.1, -0.05) is 12.5 Å². The highest BCUT2D eigenvalue weighted by atomic mass is 35.5. The van der Waals surface area contributed by atoms with Crippen LogP contribution in [0.1, 0.15) is 41.3 Å². The maximum absolute atomic E-state index is 12.1. The normalized spacial score (nSPS) is 13.0. The molecule has 8 heteroatoms. The summed E-state index contributed by atoms with van der Waals surface area (Å²) < 4.78 is 2.13. The monoisotopic (exact) mass is 357 g/mol. The van der Waals surface area contributed by atoms with E-state index >= 15 is 0 Å². The van der Waals surface area contributed by atoms with Gasteiger partial charge in [-0.3, -0.25) is 4.79 Å². The number of carbonyl (C=O) groups is 1. The molecule has 126 valence electrons. The van der Waals surface area contributed by atoms with E-state index in [-0.39, 0.29) is 30.7 Å². The first kappa shape index (κ1) is 19.3. The van der Waals surface area contributed by atoms with Crippen LogP contribution >= 0.6 is 24.8 Å². The number of nitrogens with zero attached hydrogens (tertiary/aromatic N) is 3. The predicted octanol–water partition coefficient (Wildman–Crippen LogP) is 2.36. The number of anilines is 1. The summed E-state index contributed by atoms with van der Waals surface area (Å²) in [7, 11) is 0. The van der Waals surface area contributed by atoms with Crippen LogP contribution in [-0.2, 0) is 19.5 Å². The maximum Gasteiger partial charge on any atom is 0.251 e. The zero-order valence-electron chi connectivity index (χ0n) is 12.7. The van der Waals surface area contributed by atoms with Crippen molar-refractivity contribution in [3.63, 3.8) is 0 Å². The van der Waals surface area contributed by atoms with Crippen LogP contribution in [0.5, 0.6) is 0 Å². The zero-order valence-corrected chi connectivity index (χ0v) is 14.3. The van der Waals surface area contributed by atoms with Crippen LogP contribution in [0.25, 0.3) is 0 Å². The molecule has 0 saturated heterocycles. The molecule has 3 N–H and O–H groups in total. The molecule has 0 saturated carbocycles. The number of aryl methyl sites for hydroxylation is 1. The molecule has 1 aliphatic heterocycles. The van der Waals surface area contributed by atoms with Gasteiger partial charge in [0.15, 0.2) is 5.82 Å². The summed E-state index contributed by atoms with van der Waals surface area (Å²) in [4.78, 5) is 12.1. The Morgan fingerprint density at radius 1 is 1.22 bits per heavy atom. The summed E-state index contributed by atoms with van der Waals surface area (Å²) in [5.41, 5.74) is 6.83. The predicted molar refractivity (Wildman–Crippen MR) is 94.1 cm³/mol. The highest BCUT2D eigenvalue weighted by molar-refractivity contribution is 5.94. The molecule has 6 nitrogen and oxygen atoms in total. The van der Waals surface area contributed by atoms with Crippen molar-refractivity contribution in [3.05, 3.63) is 41.5 Å². The van der Waals surface area contributed by atoms with Gasteiger partial charge in [-0.2, -0.15) is 0 Å². The first-order valence-corrected chi connectivity index (χ1v) is 7.29. The molecule has 0 atom stereocenters. The average molecular weight is 358 g/mol. The number of hydrogen-bond donors (Lipinski definition) is 2. The molecule has 0 radical (unpaired) electrons. The topological polar surface area (TPSA) is 85.8 Å². The van der Waals surface area contributed by atoms with Crippen molar-refractivity contribution >= 4 is 36.4 Å². The molecule has 0 unspecified atom stereocenters. The molecule has 2 aromatic rings. The third kappa shape index (κ3) is 4.59. The number of aromatic nitrogens is 3. The van der Waals surface area contributed by atoms with E-state index in [2.05, 4.69) is 20.1 Å². The SMILES string of the molecule is Cl.Cl.Nc1cccc(C(=O)NCc2nnc3n2CCCCC3)c1. The van der Waals surface area contributed by atoms with Crippen LogP contribution in [0.15, 0.2) is 24.3 Å². The van der Waals surface area contributed by atoms with E-state index in [0.29, 0.717) is 17.8 Å². The second-order valence-corrected chi connectivity index (χ2v) is 5.30. The van der Waals surface area contributed by atoms with Gasteiger partial charge in [-0.25, -0.2) is 0 Å². The second kappa shape index (κ2) is 8.74. The molecule has 3 rings (SSSR count). The number of carbonyl (C=O) groups excluding carboxylic acids is 1. The van der Waals surface area contributed by atoms with Gasteiger partial charge >= 0.3 is 0 Å². The minimum atomic E-state index is -0.145. The highest BCUT2D eigenvalue weighted by Crippen LogP contribution is 2.14. The lowest BCUT2D eigenvalue weighted by Gasteiger charge is -2.08. The summed E-state index contributed by atoms with van der Waals surface area (Å²) in [6, 6.07) is 6.94. The van der Waals surface area contributed by atoms with Gasteiger partial charge in [0.25, 0.3) is 5.91 Å². The highest BCUT2D eigenvalue weighted by Gasteiger charge is 2.15. The zero-order chi connectivity index (χ0) is 14.7.